The van der Waals surface area contributed by atoms with E-state index in [1.165, 1.54) is 29.2 Å². The van der Waals surface area contributed by atoms with Gasteiger partial charge in [0.1, 0.15) is 12.6 Å². The van der Waals surface area contributed by atoms with Crippen molar-refractivity contribution in [3.63, 3.8) is 0 Å². The van der Waals surface area contributed by atoms with E-state index in [0.717, 1.165) is 0 Å². The second-order valence-electron chi connectivity index (χ2n) is 5.00. The summed E-state index contributed by atoms with van der Waals surface area (Å²) >= 11 is 0. The van der Waals surface area contributed by atoms with E-state index in [2.05, 4.69) is 5.32 Å². The van der Waals surface area contributed by atoms with Crippen LogP contribution in [0.2, 0.25) is 0 Å². The van der Waals surface area contributed by atoms with E-state index in [1.54, 1.807) is 0 Å². The lowest BCUT2D eigenvalue weighted by molar-refractivity contribution is -0.118. The normalized spacial score (nSPS) is 18.4. The molecule has 5 nitrogen and oxygen atoms in total. The average molecular weight is 300 g/mol. The number of carboxylic acids is 1. The molecule has 0 unspecified atom stereocenters. The van der Waals surface area contributed by atoms with E-state index in [-0.39, 0.29) is 11.1 Å². The van der Waals surface area contributed by atoms with Gasteiger partial charge in [-0.15, -0.1) is 0 Å². The minimum Gasteiger partial charge on any atom is -0.478 e. The highest BCUT2D eigenvalue weighted by molar-refractivity contribution is 5.89. The smallest absolute Gasteiger partial charge is 0.336 e. The standard InChI is InChI=1S/C14H18F2N2O3/c15-14(16,9-19)12(18-7-5-17-6-8-18)10-3-1-2-4-11(10)13(20)21/h1-4,12,17,19H,5-9H2,(H,20,21)/t12-/m0/s1. The van der Waals surface area contributed by atoms with Crippen molar-refractivity contribution in [1.29, 1.82) is 0 Å². The van der Waals surface area contributed by atoms with Gasteiger partial charge in [-0.25, -0.2) is 13.6 Å². The van der Waals surface area contributed by atoms with Crippen molar-refractivity contribution in [1.82, 2.24) is 10.2 Å². The molecule has 0 radical (unpaired) electrons. The number of nitrogens with zero attached hydrogens (tertiary/aromatic N) is 1. The first kappa shape index (κ1) is 15.8. The van der Waals surface area contributed by atoms with E-state index in [0.29, 0.717) is 26.2 Å². The molecule has 1 heterocycles. The van der Waals surface area contributed by atoms with Crippen molar-refractivity contribution >= 4 is 5.97 Å². The number of hydrogen-bond acceptors (Lipinski definition) is 4. The number of aliphatic hydroxyl groups excluding tert-OH is 1. The zero-order chi connectivity index (χ0) is 15.5. The Kier molecular flexibility index (Phi) is 4.87. The molecule has 1 aliphatic heterocycles. The number of rotatable bonds is 5. The minimum absolute atomic E-state index is 0.0333. The van der Waals surface area contributed by atoms with Gasteiger partial charge in [0, 0.05) is 26.2 Å². The van der Waals surface area contributed by atoms with Gasteiger partial charge in [0.05, 0.1) is 5.56 Å². The number of hydrogen-bond donors (Lipinski definition) is 3. The predicted octanol–water partition coefficient (Wildman–Crippen LogP) is 0.959. The lowest BCUT2D eigenvalue weighted by atomic mass is 9.93. The van der Waals surface area contributed by atoms with Crippen LogP contribution in [0.1, 0.15) is 22.0 Å². The van der Waals surface area contributed by atoms with E-state index < -0.39 is 24.5 Å². The molecule has 1 aliphatic rings. The van der Waals surface area contributed by atoms with Gasteiger partial charge in [0.2, 0.25) is 0 Å². The summed E-state index contributed by atoms with van der Waals surface area (Å²) in [4.78, 5) is 12.8. The van der Waals surface area contributed by atoms with Crippen molar-refractivity contribution < 1.29 is 23.8 Å². The van der Waals surface area contributed by atoms with Gasteiger partial charge < -0.3 is 15.5 Å². The molecular weight excluding hydrogens is 282 g/mol. The maximum atomic E-state index is 14.2. The first-order valence-corrected chi connectivity index (χ1v) is 6.73. The molecule has 0 saturated carbocycles. The van der Waals surface area contributed by atoms with Gasteiger partial charge in [-0.05, 0) is 11.6 Å². The lowest BCUT2D eigenvalue weighted by Gasteiger charge is -2.39. The summed E-state index contributed by atoms with van der Waals surface area (Å²) in [5, 5.41) is 21.3. The zero-order valence-corrected chi connectivity index (χ0v) is 11.4. The average Bonchev–Trinajstić information content (AvgIpc) is 2.48. The highest BCUT2D eigenvalue weighted by Crippen LogP contribution is 2.38. The summed E-state index contributed by atoms with van der Waals surface area (Å²) in [6, 6.07) is 4.28. The third kappa shape index (κ3) is 3.37. The molecule has 1 aromatic carbocycles. The van der Waals surface area contributed by atoms with Crippen LogP contribution in [0.3, 0.4) is 0 Å². The maximum Gasteiger partial charge on any atom is 0.336 e. The summed E-state index contributed by atoms with van der Waals surface area (Å²) in [6.45, 7) is 0.512. The van der Waals surface area contributed by atoms with E-state index in [1.807, 2.05) is 0 Å². The quantitative estimate of drug-likeness (QED) is 0.755. The molecule has 1 fully saturated rings. The molecule has 0 aliphatic carbocycles. The monoisotopic (exact) mass is 300 g/mol. The minimum atomic E-state index is -3.41. The molecule has 1 aromatic rings. The van der Waals surface area contributed by atoms with Crippen molar-refractivity contribution in [3.8, 4) is 0 Å². The molecule has 0 bridgehead atoms. The van der Waals surface area contributed by atoms with Crippen molar-refractivity contribution in [2.75, 3.05) is 32.8 Å². The first-order valence-electron chi connectivity index (χ1n) is 6.73. The summed E-state index contributed by atoms with van der Waals surface area (Å²) in [5.74, 6) is -4.66. The summed E-state index contributed by atoms with van der Waals surface area (Å²) in [6.07, 6.45) is 0. The van der Waals surface area contributed by atoms with Crippen LogP contribution in [-0.2, 0) is 0 Å². The first-order chi connectivity index (χ1) is 9.97. The van der Waals surface area contributed by atoms with E-state index in [9.17, 15) is 18.7 Å². The van der Waals surface area contributed by atoms with Crippen molar-refractivity contribution in [2.24, 2.45) is 0 Å². The number of piperazine rings is 1. The molecule has 116 valence electrons. The van der Waals surface area contributed by atoms with E-state index >= 15 is 0 Å². The molecule has 3 N–H and O–H groups in total. The number of benzene rings is 1. The van der Waals surface area contributed by atoms with Gasteiger partial charge >= 0.3 is 5.97 Å². The predicted molar refractivity (Wildman–Crippen MR) is 72.6 cm³/mol. The molecule has 2 rings (SSSR count). The van der Waals surface area contributed by atoms with Crippen LogP contribution < -0.4 is 5.32 Å². The lowest BCUT2D eigenvalue weighted by Crippen LogP contribution is -2.51. The Balaban J connectivity index is 2.47. The Labute approximate surface area is 121 Å². The summed E-state index contributed by atoms with van der Waals surface area (Å²) in [7, 11) is 0. The van der Waals surface area contributed by atoms with Crippen LogP contribution in [0.25, 0.3) is 0 Å². The molecule has 0 aromatic heterocycles. The highest BCUT2D eigenvalue weighted by Gasteiger charge is 2.45. The molecule has 7 heteroatoms. The van der Waals surface area contributed by atoms with Crippen molar-refractivity contribution in [3.05, 3.63) is 35.4 Å². The second kappa shape index (κ2) is 6.46. The Bertz CT molecular complexity index is 505. The molecule has 1 saturated heterocycles. The second-order valence-corrected chi connectivity index (χ2v) is 5.00. The fraction of sp³-hybridized carbons (Fsp3) is 0.500. The SMILES string of the molecule is O=C(O)c1ccccc1[C@H](N1CCNCC1)C(F)(F)CO. The van der Waals surface area contributed by atoms with Crippen molar-refractivity contribution in [2.45, 2.75) is 12.0 Å². The highest BCUT2D eigenvalue weighted by atomic mass is 19.3. The van der Waals surface area contributed by atoms with Gasteiger partial charge in [-0.2, -0.15) is 0 Å². The third-order valence-electron chi connectivity index (χ3n) is 3.61. The number of alkyl halides is 2. The van der Waals surface area contributed by atoms with Crippen LogP contribution in [0.15, 0.2) is 24.3 Å². The largest absolute Gasteiger partial charge is 0.478 e. The van der Waals surface area contributed by atoms with Gasteiger partial charge in [-0.1, -0.05) is 18.2 Å². The number of nitrogens with one attached hydrogen (secondary N) is 1. The zero-order valence-electron chi connectivity index (χ0n) is 11.4. The Morgan fingerprint density at radius 2 is 1.95 bits per heavy atom. The summed E-state index contributed by atoms with van der Waals surface area (Å²) in [5.41, 5.74) is -0.125. The molecule has 1 atom stereocenters. The summed E-state index contributed by atoms with van der Waals surface area (Å²) < 4.78 is 28.5. The Hall–Kier alpha value is -1.57. The van der Waals surface area contributed by atoms with Crippen LogP contribution in [-0.4, -0.2) is 59.8 Å². The van der Waals surface area contributed by atoms with Crippen LogP contribution in [0.4, 0.5) is 8.78 Å². The van der Waals surface area contributed by atoms with Gasteiger partial charge in [0.25, 0.3) is 5.92 Å². The topological polar surface area (TPSA) is 72.8 Å². The number of aromatic carboxylic acids is 1. The molecular formula is C14H18F2N2O3. The van der Waals surface area contributed by atoms with Gasteiger partial charge in [-0.3, -0.25) is 4.90 Å². The van der Waals surface area contributed by atoms with Crippen LogP contribution in [0.5, 0.6) is 0 Å². The number of carbonyl (C=O) groups is 1. The fourth-order valence-electron chi connectivity index (χ4n) is 2.65. The van der Waals surface area contributed by atoms with Crippen LogP contribution in [0, 0.1) is 0 Å². The van der Waals surface area contributed by atoms with Gasteiger partial charge in [0.15, 0.2) is 0 Å². The Morgan fingerprint density at radius 3 is 2.52 bits per heavy atom. The number of aliphatic hydroxyl groups is 1. The third-order valence-corrected chi connectivity index (χ3v) is 3.61. The number of carboxylic acid groups (broad SMARTS) is 1. The van der Waals surface area contributed by atoms with Crippen LogP contribution >= 0.6 is 0 Å². The Morgan fingerprint density at radius 1 is 1.33 bits per heavy atom. The molecule has 0 amide bonds. The molecule has 21 heavy (non-hydrogen) atoms. The van der Waals surface area contributed by atoms with E-state index in [4.69, 9.17) is 5.11 Å². The number of halogens is 2. The molecule has 0 spiro atoms. The fourth-order valence-corrected chi connectivity index (χ4v) is 2.65. The maximum absolute atomic E-state index is 14.2.